The third-order valence-electron chi connectivity index (χ3n) is 8.14. The minimum atomic E-state index is -0.0487. The van der Waals surface area contributed by atoms with Crippen molar-refractivity contribution in [1.82, 2.24) is 29.8 Å². The first-order chi connectivity index (χ1) is 22.6. The van der Waals surface area contributed by atoms with E-state index in [1.165, 1.54) is 0 Å². The Morgan fingerprint density at radius 2 is 1.85 bits per heavy atom. The number of ether oxygens (including phenoxy) is 2. The number of hydrogen-bond donors (Lipinski definition) is 1. The number of amides is 1. The van der Waals surface area contributed by atoms with Gasteiger partial charge in [0.15, 0.2) is 5.82 Å². The van der Waals surface area contributed by atoms with E-state index < -0.39 is 0 Å². The zero-order valence-electron chi connectivity index (χ0n) is 25.5. The summed E-state index contributed by atoms with van der Waals surface area (Å²) in [4.78, 5) is 40.6. The topological polar surface area (TPSA) is 118 Å². The van der Waals surface area contributed by atoms with Crippen molar-refractivity contribution >= 4 is 23.4 Å². The van der Waals surface area contributed by atoms with Crippen molar-refractivity contribution in [3.63, 3.8) is 0 Å². The van der Waals surface area contributed by atoms with Gasteiger partial charge in [-0.3, -0.25) is 9.78 Å². The van der Waals surface area contributed by atoms with E-state index in [1.807, 2.05) is 59.5 Å². The fraction of sp³-hybridized carbons (Fsp3) is 0.257. The van der Waals surface area contributed by atoms with Gasteiger partial charge in [0.1, 0.15) is 12.4 Å². The molecule has 11 nitrogen and oxygen atoms in total. The summed E-state index contributed by atoms with van der Waals surface area (Å²) < 4.78 is 11.6. The first-order valence-electron chi connectivity index (χ1n) is 15.4. The minimum Gasteiger partial charge on any atom is -0.473 e. The second-order valence-electron chi connectivity index (χ2n) is 11.3. The number of benzene rings is 2. The Hall–Kier alpha value is -5.42. The molecular formula is C35H34N8O3. The molecule has 0 saturated carbocycles. The second kappa shape index (κ2) is 13.3. The number of carbonyl (C=O) groups excluding carboxylic acids is 1. The van der Waals surface area contributed by atoms with Crippen LogP contribution in [0, 0.1) is 0 Å². The molecule has 5 heterocycles. The Morgan fingerprint density at radius 1 is 0.978 bits per heavy atom. The summed E-state index contributed by atoms with van der Waals surface area (Å²) in [6.45, 7) is 5.61. The van der Waals surface area contributed by atoms with Crippen LogP contribution in [0.3, 0.4) is 0 Å². The number of pyridine rings is 1. The largest absolute Gasteiger partial charge is 0.473 e. The van der Waals surface area contributed by atoms with Crippen LogP contribution in [-0.4, -0.2) is 68.1 Å². The summed E-state index contributed by atoms with van der Waals surface area (Å²) in [7, 11) is 0. The lowest BCUT2D eigenvalue weighted by Crippen LogP contribution is -2.45. The van der Waals surface area contributed by atoms with Gasteiger partial charge >= 0.3 is 0 Å². The summed E-state index contributed by atoms with van der Waals surface area (Å²) in [6, 6.07) is 23.3. The van der Waals surface area contributed by atoms with E-state index in [-0.39, 0.29) is 11.9 Å². The van der Waals surface area contributed by atoms with Crippen LogP contribution in [0.2, 0.25) is 0 Å². The normalized spacial score (nSPS) is 16.1. The van der Waals surface area contributed by atoms with E-state index in [9.17, 15) is 4.79 Å². The summed E-state index contributed by atoms with van der Waals surface area (Å²) in [6.07, 6.45) is 5.63. The molecule has 7 rings (SSSR count). The van der Waals surface area contributed by atoms with E-state index in [4.69, 9.17) is 19.4 Å². The second-order valence-corrected chi connectivity index (χ2v) is 11.3. The zero-order chi connectivity index (χ0) is 31.3. The molecule has 1 saturated heterocycles. The maximum atomic E-state index is 13.3. The van der Waals surface area contributed by atoms with E-state index in [2.05, 4.69) is 32.1 Å². The van der Waals surface area contributed by atoms with E-state index in [1.54, 1.807) is 36.8 Å². The molecule has 46 heavy (non-hydrogen) atoms. The summed E-state index contributed by atoms with van der Waals surface area (Å²) >= 11 is 0. The fourth-order valence-electron chi connectivity index (χ4n) is 5.71. The number of nitrogens with zero attached hydrogens (tertiary/aromatic N) is 7. The van der Waals surface area contributed by atoms with E-state index in [0.29, 0.717) is 62.5 Å². The number of morpholine rings is 1. The van der Waals surface area contributed by atoms with Crippen molar-refractivity contribution in [2.45, 2.75) is 32.5 Å². The number of rotatable bonds is 8. The molecule has 2 aromatic carbocycles. The first-order valence-corrected chi connectivity index (χ1v) is 15.4. The average molecular weight is 615 g/mol. The monoisotopic (exact) mass is 614 g/mol. The third kappa shape index (κ3) is 6.50. The summed E-state index contributed by atoms with van der Waals surface area (Å²) in [5.74, 6) is 2.41. The van der Waals surface area contributed by atoms with Crippen molar-refractivity contribution in [2.75, 3.05) is 36.5 Å². The maximum Gasteiger partial charge on any atom is 0.255 e. The van der Waals surface area contributed by atoms with Crippen molar-refractivity contribution in [1.29, 1.82) is 0 Å². The van der Waals surface area contributed by atoms with Crippen LogP contribution < -0.4 is 15.0 Å². The van der Waals surface area contributed by atoms with E-state index in [0.717, 1.165) is 40.4 Å². The fourth-order valence-corrected chi connectivity index (χ4v) is 5.71. The molecule has 1 atom stereocenters. The summed E-state index contributed by atoms with van der Waals surface area (Å²) in [5.41, 5.74) is 5.28. The van der Waals surface area contributed by atoms with Crippen LogP contribution >= 0.6 is 0 Å². The lowest BCUT2D eigenvalue weighted by Gasteiger charge is -2.37. The lowest BCUT2D eigenvalue weighted by atomic mass is 10.0. The van der Waals surface area contributed by atoms with Gasteiger partial charge in [0.05, 0.1) is 37.1 Å². The number of anilines is 3. The van der Waals surface area contributed by atoms with Gasteiger partial charge < -0.3 is 24.6 Å². The Bertz CT molecular complexity index is 1800. The third-order valence-corrected chi connectivity index (χ3v) is 8.14. The van der Waals surface area contributed by atoms with Crippen LogP contribution in [0.4, 0.5) is 17.5 Å². The van der Waals surface area contributed by atoms with Crippen molar-refractivity contribution in [2.24, 2.45) is 0 Å². The minimum absolute atomic E-state index is 0.0487. The number of nitrogens with one attached hydrogen (secondary N) is 1. The maximum absolute atomic E-state index is 13.3. The Morgan fingerprint density at radius 3 is 2.65 bits per heavy atom. The highest BCUT2D eigenvalue weighted by molar-refractivity contribution is 5.94. The molecule has 5 aromatic rings. The molecule has 3 aromatic heterocycles. The Balaban J connectivity index is 1.12. The van der Waals surface area contributed by atoms with Crippen LogP contribution in [0.5, 0.6) is 5.88 Å². The molecule has 11 heteroatoms. The molecular weight excluding hydrogens is 580 g/mol. The molecule has 0 aliphatic carbocycles. The van der Waals surface area contributed by atoms with Crippen LogP contribution in [0.15, 0.2) is 91.4 Å². The van der Waals surface area contributed by atoms with Crippen molar-refractivity contribution < 1.29 is 14.3 Å². The Labute approximate surface area is 267 Å². The molecule has 232 valence electrons. The highest BCUT2D eigenvalue weighted by atomic mass is 16.5. The first kappa shape index (κ1) is 29.3. The molecule has 1 amide bonds. The molecule has 0 unspecified atom stereocenters. The number of fused-ring (bicyclic) bond motifs is 1. The summed E-state index contributed by atoms with van der Waals surface area (Å²) in [5, 5.41) is 3.26. The molecule has 2 aliphatic rings. The predicted molar refractivity (Wildman–Crippen MR) is 174 cm³/mol. The van der Waals surface area contributed by atoms with Gasteiger partial charge in [0, 0.05) is 54.6 Å². The molecule has 0 spiro atoms. The number of hydrogen-bond acceptors (Lipinski definition) is 10. The van der Waals surface area contributed by atoms with Crippen LogP contribution in [-0.2, 0) is 24.3 Å². The molecule has 2 aliphatic heterocycles. The van der Waals surface area contributed by atoms with Gasteiger partial charge in [-0.15, -0.1) is 0 Å². The number of aromatic nitrogens is 5. The predicted octanol–water partition coefficient (Wildman–Crippen LogP) is 5.07. The smallest absolute Gasteiger partial charge is 0.255 e. The Kier molecular flexibility index (Phi) is 8.46. The quantitative estimate of drug-likeness (QED) is 0.254. The molecule has 1 N–H and O–H groups in total. The zero-order valence-corrected chi connectivity index (χ0v) is 25.5. The van der Waals surface area contributed by atoms with E-state index >= 15 is 0 Å². The van der Waals surface area contributed by atoms with Crippen LogP contribution in [0.1, 0.15) is 34.1 Å². The average Bonchev–Trinajstić information content (AvgIpc) is 3.11. The standard InChI is InChI=1S/C35H34N8O3/c1-24-22-45-19-18-43(24)33-29-14-17-42(34(44)27-8-5-15-36-20-27)21-30(29)39-32(41-33)26-9-11-28(12-10-26)38-35-37-16-13-31(40-35)46-23-25-6-3-2-4-7-25/h2-13,15-16,20,24H,14,17-19,21-23H2,1H3,(H,37,38,40)/t24-/m0/s1. The molecule has 1 fully saturated rings. The molecule has 0 bridgehead atoms. The van der Waals surface area contributed by atoms with Gasteiger partial charge in [0.25, 0.3) is 5.91 Å². The van der Waals surface area contributed by atoms with Gasteiger partial charge in [-0.25, -0.2) is 15.0 Å². The molecule has 0 radical (unpaired) electrons. The SMILES string of the molecule is C[C@H]1COCCN1c1nc(-c2ccc(Nc3nccc(OCc4ccccc4)n3)cc2)nc2c1CCN(C(=O)c1cccnc1)C2. The number of carbonyl (C=O) groups is 1. The highest BCUT2D eigenvalue weighted by Crippen LogP contribution is 2.32. The lowest BCUT2D eigenvalue weighted by molar-refractivity contribution is 0.0731. The van der Waals surface area contributed by atoms with Gasteiger partial charge in [-0.05, 0) is 55.3 Å². The van der Waals surface area contributed by atoms with Crippen molar-refractivity contribution in [3.05, 3.63) is 114 Å². The van der Waals surface area contributed by atoms with Gasteiger partial charge in [-0.2, -0.15) is 4.98 Å². The van der Waals surface area contributed by atoms with Gasteiger partial charge in [0.2, 0.25) is 11.8 Å². The van der Waals surface area contributed by atoms with Gasteiger partial charge in [-0.1, -0.05) is 30.3 Å². The van der Waals surface area contributed by atoms with Crippen molar-refractivity contribution in [3.8, 4) is 17.3 Å². The highest BCUT2D eigenvalue weighted by Gasteiger charge is 2.30. The van der Waals surface area contributed by atoms with Crippen LogP contribution in [0.25, 0.3) is 11.4 Å².